The second-order valence-electron chi connectivity index (χ2n) is 10.2. The van der Waals surface area contributed by atoms with Crippen molar-refractivity contribution in [3.8, 4) is 0 Å². The lowest BCUT2D eigenvalue weighted by Gasteiger charge is -2.33. The highest BCUT2D eigenvalue weighted by molar-refractivity contribution is 9.10. The Balaban J connectivity index is 2.06. The second kappa shape index (κ2) is 12.6. The molecule has 212 valence electrons. The molecule has 0 saturated carbocycles. The van der Waals surface area contributed by atoms with Gasteiger partial charge in [-0.15, -0.1) is 0 Å². The van der Waals surface area contributed by atoms with Crippen LogP contribution < -0.4 is 9.62 Å². The van der Waals surface area contributed by atoms with Crippen molar-refractivity contribution < 1.29 is 22.9 Å². The van der Waals surface area contributed by atoms with E-state index in [2.05, 4.69) is 21.2 Å². The molecule has 0 aromatic heterocycles. The van der Waals surface area contributed by atoms with Crippen LogP contribution in [0.25, 0.3) is 0 Å². The molecule has 3 rings (SSSR count). The van der Waals surface area contributed by atoms with Gasteiger partial charge < -0.3 is 10.2 Å². The van der Waals surface area contributed by atoms with E-state index in [4.69, 9.17) is 0 Å². The lowest BCUT2D eigenvalue weighted by atomic mass is 10.1. The van der Waals surface area contributed by atoms with Gasteiger partial charge in [0, 0.05) is 28.7 Å². The highest BCUT2D eigenvalue weighted by Crippen LogP contribution is 2.27. The molecule has 2 amide bonds. The third kappa shape index (κ3) is 7.89. The number of nitrogens with one attached hydrogen (secondary N) is 1. The van der Waals surface area contributed by atoms with Crippen molar-refractivity contribution in [2.24, 2.45) is 0 Å². The Hall–Kier alpha value is -3.77. The van der Waals surface area contributed by atoms with E-state index >= 15 is 0 Å². The van der Waals surface area contributed by atoms with Gasteiger partial charge in [-0.2, -0.15) is 0 Å². The molecule has 0 aliphatic carbocycles. The predicted octanol–water partition coefficient (Wildman–Crippen LogP) is 4.88. The van der Waals surface area contributed by atoms with Crippen LogP contribution in [-0.2, 0) is 26.2 Å². The smallest absolute Gasteiger partial charge is 0.271 e. The summed E-state index contributed by atoms with van der Waals surface area (Å²) in [6, 6.07) is 18.8. The standard InChI is InChI=1S/C28H31BrN4O6S/c1-20(27(35)30-28(2,3)4)31(18-21-13-15-22(29)16-14-21)26(34)19-32(23-9-8-10-24(17-23)33(36)37)40(38,39)25-11-6-5-7-12-25/h5-17,20H,18-19H2,1-4H3,(H,30,35)/t20-/m0/s1. The number of halogens is 1. The summed E-state index contributed by atoms with van der Waals surface area (Å²) in [7, 11) is -4.32. The van der Waals surface area contributed by atoms with Crippen LogP contribution in [-0.4, -0.2) is 48.2 Å². The molecule has 12 heteroatoms. The van der Waals surface area contributed by atoms with E-state index in [0.29, 0.717) is 0 Å². The van der Waals surface area contributed by atoms with Crippen LogP contribution in [0, 0.1) is 10.1 Å². The molecule has 3 aromatic rings. The van der Waals surface area contributed by atoms with Gasteiger partial charge in [0.25, 0.3) is 15.7 Å². The minimum absolute atomic E-state index is 0.0268. The number of amides is 2. The van der Waals surface area contributed by atoms with Crippen molar-refractivity contribution in [2.45, 2.75) is 50.7 Å². The number of non-ortho nitro benzene ring substituents is 1. The van der Waals surface area contributed by atoms with E-state index in [1.165, 1.54) is 35.2 Å². The number of nitro benzene ring substituents is 1. The molecule has 0 fully saturated rings. The molecule has 1 atom stereocenters. The predicted molar refractivity (Wildman–Crippen MR) is 156 cm³/mol. The zero-order valence-electron chi connectivity index (χ0n) is 22.6. The highest BCUT2D eigenvalue weighted by Gasteiger charge is 2.33. The Morgan fingerprint density at radius 1 is 1.00 bits per heavy atom. The van der Waals surface area contributed by atoms with E-state index < -0.39 is 44.9 Å². The first kappa shape index (κ1) is 30.8. The maximum atomic E-state index is 13.9. The number of hydrogen-bond acceptors (Lipinski definition) is 6. The van der Waals surface area contributed by atoms with E-state index in [0.717, 1.165) is 20.4 Å². The number of carbonyl (C=O) groups excluding carboxylic acids is 2. The van der Waals surface area contributed by atoms with Crippen molar-refractivity contribution in [1.82, 2.24) is 10.2 Å². The quantitative estimate of drug-likeness (QED) is 0.251. The van der Waals surface area contributed by atoms with Crippen molar-refractivity contribution in [1.29, 1.82) is 0 Å². The Morgan fingerprint density at radius 3 is 2.20 bits per heavy atom. The van der Waals surface area contributed by atoms with Crippen LogP contribution in [0.3, 0.4) is 0 Å². The molecule has 0 radical (unpaired) electrons. The molecule has 0 heterocycles. The molecule has 0 unspecified atom stereocenters. The molecule has 1 N–H and O–H groups in total. The van der Waals surface area contributed by atoms with Crippen LogP contribution in [0.4, 0.5) is 11.4 Å². The van der Waals surface area contributed by atoms with Gasteiger partial charge in [-0.25, -0.2) is 8.42 Å². The topological polar surface area (TPSA) is 130 Å². The van der Waals surface area contributed by atoms with Gasteiger partial charge in [-0.3, -0.25) is 24.0 Å². The van der Waals surface area contributed by atoms with Gasteiger partial charge in [0.2, 0.25) is 11.8 Å². The minimum Gasteiger partial charge on any atom is -0.350 e. The summed E-state index contributed by atoms with van der Waals surface area (Å²) in [5.41, 5.74) is -0.229. The van der Waals surface area contributed by atoms with Gasteiger partial charge in [-0.05, 0) is 63.6 Å². The Kier molecular flexibility index (Phi) is 9.69. The molecule has 0 spiro atoms. The van der Waals surface area contributed by atoms with Gasteiger partial charge in [0.05, 0.1) is 15.5 Å². The normalized spacial score (nSPS) is 12.3. The van der Waals surface area contributed by atoms with Gasteiger partial charge in [0.15, 0.2) is 0 Å². The number of benzene rings is 3. The first-order valence-electron chi connectivity index (χ1n) is 12.4. The summed E-state index contributed by atoms with van der Waals surface area (Å²) >= 11 is 3.38. The number of nitrogens with zero attached hydrogens (tertiary/aromatic N) is 3. The Morgan fingerprint density at radius 2 is 1.62 bits per heavy atom. The first-order valence-corrected chi connectivity index (χ1v) is 14.6. The molecule has 10 nitrogen and oxygen atoms in total. The number of carbonyl (C=O) groups is 2. The van der Waals surface area contributed by atoms with Crippen molar-refractivity contribution in [3.05, 3.63) is 99.0 Å². The van der Waals surface area contributed by atoms with Gasteiger partial charge >= 0.3 is 0 Å². The molecular formula is C28H31BrN4O6S. The maximum absolute atomic E-state index is 13.9. The average Bonchev–Trinajstić information content (AvgIpc) is 2.90. The Labute approximate surface area is 242 Å². The van der Waals surface area contributed by atoms with Crippen LogP contribution >= 0.6 is 15.9 Å². The van der Waals surface area contributed by atoms with E-state index in [9.17, 15) is 28.1 Å². The van der Waals surface area contributed by atoms with Gasteiger partial charge in [-0.1, -0.05) is 52.3 Å². The summed E-state index contributed by atoms with van der Waals surface area (Å²) < 4.78 is 29.2. The molecule has 0 bridgehead atoms. The second-order valence-corrected chi connectivity index (χ2v) is 12.9. The molecule has 0 aliphatic heterocycles. The fraction of sp³-hybridized carbons (Fsp3) is 0.286. The number of anilines is 1. The zero-order valence-corrected chi connectivity index (χ0v) is 25.0. The average molecular weight is 632 g/mol. The number of hydrogen-bond donors (Lipinski definition) is 1. The van der Waals surface area contributed by atoms with Crippen LogP contribution in [0.2, 0.25) is 0 Å². The molecule has 0 saturated heterocycles. The summed E-state index contributed by atoms with van der Waals surface area (Å²) in [5, 5.41) is 14.3. The van der Waals surface area contributed by atoms with E-state index in [1.54, 1.807) is 49.4 Å². The third-order valence-electron chi connectivity index (χ3n) is 5.87. The summed E-state index contributed by atoms with van der Waals surface area (Å²) in [6.07, 6.45) is 0. The minimum atomic E-state index is -4.32. The fourth-order valence-corrected chi connectivity index (χ4v) is 5.54. The lowest BCUT2D eigenvalue weighted by molar-refractivity contribution is -0.384. The van der Waals surface area contributed by atoms with Crippen LogP contribution in [0.1, 0.15) is 33.3 Å². The summed E-state index contributed by atoms with van der Waals surface area (Å²) in [4.78, 5) is 39.0. The van der Waals surface area contributed by atoms with Crippen molar-refractivity contribution in [2.75, 3.05) is 10.8 Å². The SMILES string of the molecule is C[C@@H](C(=O)NC(C)(C)C)N(Cc1ccc(Br)cc1)C(=O)CN(c1cccc([N+](=O)[O-])c1)S(=O)(=O)c1ccccc1. The Bertz CT molecular complexity index is 1470. The van der Waals surface area contributed by atoms with Crippen molar-refractivity contribution >= 4 is 49.1 Å². The van der Waals surface area contributed by atoms with E-state index in [-0.39, 0.29) is 22.8 Å². The molecule has 0 aliphatic rings. The fourth-order valence-electron chi connectivity index (χ4n) is 3.85. The van der Waals surface area contributed by atoms with Crippen LogP contribution in [0.5, 0.6) is 0 Å². The number of nitro groups is 1. The summed E-state index contributed by atoms with van der Waals surface area (Å²) in [5.74, 6) is -1.07. The van der Waals surface area contributed by atoms with Gasteiger partial charge in [0.1, 0.15) is 12.6 Å². The molecular weight excluding hydrogens is 600 g/mol. The highest BCUT2D eigenvalue weighted by atomic mass is 79.9. The molecule has 40 heavy (non-hydrogen) atoms. The monoisotopic (exact) mass is 630 g/mol. The van der Waals surface area contributed by atoms with Crippen molar-refractivity contribution in [3.63, 3.8) is 0 Å². The van der Waals surface area contributed by atoms with Crippen LogP contribution in [0.15, 0.2) is 88.2 Å². The van der Waals surface area contributed by atoms with E-state index in [1.807, 2.05) is 20.8 Å². The largest absolute Gasteiger partial charge is 0.350 e. The molecule has 3 aromatic carbocycles. The summed E-state index contributed by atoms with van der Waals surface area (Å²) in [6.45, 7) is 6.35. The zero-order chi connectivity index (χ0) is 29.7. The lowest BCUT2D eigenvalue weighted by Crippen LogP contribution is -2.54. The number of sulfonamides is 1. The number of rotatable bonds is 10. The maximum Gasteiger partial charge on any atom is 0.271 e. The first-order chi connectivity index (χ1) is 18.7. The third-order valence-corrected chi connectivity index (χ3v) is 8.19.